The van der Waals surface area contributed by atoms with E-state index in [0.29, 0.717) is 13.0 Å². The van der Waals surface area contributed by atoms with E-state index in [1.165, 1.54) is 12.1 Å². The van der Waals surface area contributed by atoms with Crippen LogP contribution in [-0.4, -0.2) is 33.0 Å². The van der Waals surface area contributed by atoms with E-state index in [1.54, 1.807) is 23.1 Å². The largest absolute Gasteiger partial charge is 0.370 e. The molecule has 26 heavy (non-hydrogen) atoms. The molecule has 0 fully saturated rings. The molecule has 2 aromatic rings. The molecular formula is C19H22N2O4S. The van der Waals surface area contributed by atoms with Crippen LogP contribution in [0.5, 0.6) is 0 Å². The number of nitrogens with zero attached hydrogens (tertiary/aromatic N) is 1. The Kier molecular flexibility index (Phi) is 5.02. The minimum absolute atomic E-state index is 0.0109. The summed E-state index contributed by atoms with van der Waals surface area (Å²) in [6.45, 7) is 4.05. The fourth-order valence-electron chi connectivity index (χ4n) is 2.92. The summed E-state index contributed by atoms with van der Waals surface area (Å²) in [7, 11) is -3.78. The van der Waals surface area contributed by atoms with Gasteiger partial charge < -0.3 is 10.2 Å². The number of anilines is 2. The predicted molar refractivity (Wildman–Crippen MR) is 101 cm³/mol. The van der Waals surface area contributed by atoms with Crippen LogP contribution in [0.4, 0.5) is 11.4 Å². The van der Waals surface area contributed by atoms with Gasteiger partial charge in [0.25, 0.3) is 16.0 Å². The summed E-state index contributed by atoms with van der Waals surface area (Å²) >= 11 is 0. The molecule has 1 amide bonds. The molecule has 0 atom stereocenters. The van der Waals surface area contributed by atoms with E-state index in [0.717, 1.165) is 11.4 Å². The Hall–Kier alpha value is -2.38. The smallest absolute Gasteiger partial charge is 0.296 e. The number of nitrogens with one attached hydrogen (secondary N) is 1. The zero-order chi connectivity index (χ0) is 18.8. The Morgan fingerprint density at radius 1 is 1.04 bits per heavy atom. The Morgan fingerprint density at radius 3 is 2.42 bits per heavy atom. The van der Waals surface area contributed by atoms with Gasteiger partial charge in [-0.15, -0.1) is 0 Å². The highest BCUT2D eigenvalue weighted by Gasteiger charge is 2.38. The van der Waals surface area contributed by atoms with Crippen LogP contribution in [-0.2, 0) is 19.1 Å². The highest BCUT2D eigenvalue weighted by molar-refractivity contribution is 7.86. The third-order valence-corrected chi connectivity index (χ3v) is 5.54. The van der Waals surface area contributed by atoms with Crippen molar-refractivity contribution in [2.75, 3.05) is 23.4 Å². The summed E-state index contributed by atoms with van der Waals surface area (Å²) in [6, 6.07) is 15.6. The highest BCUT2D eigenvalue weighted by atomic mass is 32.2. The van der Waals surface area contributed by atoms with Crippen molar-refractivity contribution in [3.63, 3.8) is 0 Å². The third kappa shape index (κ3) is 3.73. The summed E-state index contributed by atoms with van der Waals surface area (Å²) in [6.07, 6.45) is 0.405. The van der Waals surface area contributed by atoms with Gasteiger partial charge in [-0.05, 0) is 44.5 Å². The molecule has 0 saturated carbocycles. The number of para-hydroxylation sites is 2. The summed E-state index contributed by atoms with van der Waals surface area (Å²) in [4.78, 5) is 14.5. The molecule has 7 heteroatoms. The topological polar surface area (TPSA) is 75.7 Å². The van der Waals surface area contributed by atoms with Crippen LogP contribution in [0.3, 0.4) is 0 Å². The Labute approximate surface area is 153 Å². The first kappa shape index (κ1) is 18.4. The number of hydrogen-bond acceptors (Lipinski definition) is 5. The van der Waals surface area contributed by atoms with Crippen LogP contribution in [0.25, 0.3) is 0 Å². The lowest BCUT2D eigenvalue weighted by atomic mass is 9.98. The average Bonchev–Trinajstić information content (AvgIpc) is 2.62. The lowest BCUT2D eigenvalue weighted by Crippen LogP contribution is -2.54. The highest BCUT2D eigenvalue weighted by Crippen LogP contribution is 2.35. The summed E-state index contributed by atoms with van der Waals surface area (Å²) in [5.41, 5.74) is 0.961. The van der Waals surface area contributed by atoms with Crippen molar-refractivity contribution in [2.45, 2.75) is 30.7 Å². The van der Waals surface area contributed by atoms with E-state index >= 15 is 0 Å². The molecule has 0 saturated heterocycles. The first-order valence-corrected chi connectivity index (χ1v) is 9.86. The van der Waals surface area contributed by atoms with Crippen molar-refractivity contribution in [1.82, 2.24) is 0 Å². The lowest BCUT2D eigenvalue weighted by Gasteiger charge is -2.40. The van der Waals surface area contributed by atoms with Gasteiger partial charge in [0.1, 0.15) is 5.54 Å². The van der Waals surface area contributed by atoms with Gasteiger partial charge in [-0.3, -0.25) is 8.98 Å². The van der Waals surface area contributed by atoms with Crippen LogP contribution in [0.1, 0.15) is 20.3 Å². The van der Waals surface area contributed by atoms with E-state index < -0.39 is 15.7 Å². The minimum atomic E-state index is -3.78. The molecule has 0 bridgehead atoms. The second-order valence-electron chi connectivity index (χ2n) is 6.67. The van der Waals surface area contributed by atoms with Crippen molar-refractivity contribution in [2.24, 2.45) is 0 Å². The fraction of sp³-hybridized carbons (Fsp3) is 0.316. The quantitative estimate of drug-likeness (QED) is 0.621. The maximum atomic E-state index is 12.7. The van der Waals surface area contributed by atoms with Crippen LogP contribution in [0, 0.1) is 0 Å². The molecule has 1 aliphatic rings. The number of fused-ring (bicyclic) bond motifs is 1. The molecule has 0 spiro atoms. The maximum absolute atomic E-state index is 12.7. The van der Waals surface area contributed by atoms with Crippen molar-refractivity contribution in [3.05, 3.63) is 54.6 Å². The number of carbonyl (C=O) groups is 1. The standard InChI is InChI=1S/C19H22N2O4S/c1-19(2)18(22)21(17-12-7-6-11-16(17)20-19)13-8-14-25-26(23,24)15-9-4-3-5-10-15/h3-7,9-12,20H,8,13-14H2,1-2H3. The van der Waals surface area contributed by atoms with E-state index in [9.17, 15) is 13.2 Å². The Balaban J connectivity index is 1.65. The molecule has 1 N–H and O–H groups in total. The van der Waals surface area contributed by atoms with Gasteiger partial charge in [-0.2, -0.15) is 8.42 Å². The van der Waals surface area contributed by atoms with Gasteiger partial charge in [0, 0.05) is 6.54 Å². The second-order valence-corrected chi connectivity index (χ2v) is 8.28. The third-order valence-electron chi connectivity index (χ3n) is 4.22. The normalized spacial score (nSPS) is 16.1. The summed E-state index contributed by atoms with van der Waals surface area (Å²) in [5, 5.41) is 3.23. The Bertz CT molecular complexity index is 895. The van der Waals surface area contributed by atoms with E-state index in [2.05, 4.69) is 5.32 Å². The number of hydrogen-bond donors (Lipinski definition) is 1. The zero-order valence-corrected chi connectivity index (χ0v) is 15.6. The summed E-state index contributed by atoms with van der Waals surface area (Å²) < 4.78 is 29.4. The molecule has 138 valence electrons. The maximum Gasteiger partial charge on any atom is 0.296 e. The molecule has 0 unspecified atom stereocenters. The number of benzene rings is 2. The van der Waals surface area contributed by atoms with Crippen LogP contribution in [0.2, 0.25) is 0 Å². The van der Waals surface area contributed by atoms with Crippen molar-refractivity contribution in [3.8, 4) is 0 Å². The first-order valence-electron chi connectivity index (χ1n) is 8.45. The SMILES string of the molecule is CC1(C)Nc2ccccc2N(CCCOS(=O)(=O)c2ccccc2)C1=O. The average molecular weight is 374 g/mol. The van der Waals surface area contributed by atoms with Gasteiger partial charge in [0.2, 0.25) is 0 Å². The van der Waals surface area contributed by atoms with Crippen LogP contribution < -0.4 is 10.2 Å². The van der Waals surface area contributed by atoms with Crippen molar-refractivity contribution < 1.29 is 17.4 Å². The molecule has 1 heterocycles. The molecule has 2 aromatic carbocycles. The van der Waals surface area contributed by atoms with E-state index in [-0.39, 0.29) is 17.4 Å². The zero-order valence-electron chi connectivity index (χ0n) is 14.8. The molecule has 0 radical (unpaired) electrons. The molecular weight excluding hydrogens is 352 g/mol. The van der Waals surface area contributed by atoms with Gasteiger partial charge in [0.05, 0.1) is 22.9 Å². The molecule has 3 rings (SSSR count). The molecule has 0 aliphatic carbocycles. The predicted octanol–water partition coefficient (Wildman–Crippen LogP) is 3.02. The van der Waals surface area contributed by atoms with Crippen LogP contribution >= 0.6 is 0 Å². The Morgan fingerprint density at radius 2 is 1.69 bits per heavy atom. The molecule has 1 aliphatic heterocycles. The van der Waals surface area contributed by atoms with Gasteiger partial charge in [-0.1, -0.05) is 30.3 Å². The van der Waals surface area contributed by atoms with E-state index in [1.807, 2.05) is 38.1 Å². The van der Waals surface area contributed by atoms with Crippen LogP contribution in [0.15, 0.2) is 59.5 Å². The number of carbonyl (C=O) groups excluding carboxylic acids is 1. The minimum Gasteiger partial charge on any atom is -0.370 e. The fourth-order valence-corrected chi connectivity index (χ4v) is 3.88. The van der Waals surface area contributed by atoms with Crippen molar-refractivity contribution >= 4 is 27.4 Å². The van der Waals surface area contributed by atoms with Gasteiger partial charge in [0.15, 0.2) is 0 Å². The molecule has 0 aromatic heterocycles. The second kappa shape index (κ2) is 7.09. The first-order chi connectivity index (χ1) is 12.3. The number of amides is 1. The monoisotopic (exact) mass is 374 g/mol. The van der Waals surface area contributed by atoms with Crippen molar-refractivity contribution in [1.29, 1.82) is 0 Å². The lowest BCUT2D eigenvalue weighted by molar-refractivity contribution is -0.122. The van der Waals surface area contributed by atoms with Gasteiger partial charge >= 0.3 is 0 Å². The van der Waals surface area contributed by atoms with Gasteiger partial charge in [-0.25, -0.2) is 0 Å². The summed E-state index contributed by atoms with van der Waals surface area (Å²) in [5.74, 6) is -0.0536. The van der Waals surface area contributed by atoms with E-state index in [4.69, 9.17) is 4.18 Å². The number of rotatable bonds is 6. The molecule has 6 nitrogen and oxygen atoms in total.